The van der Waals surface area contributed by atoms with E-state index in [1.165, 1.54) is 0 Å². The number of ether oxygens (including phenoxy) is 1. The number of carbonyl (C=O) groups excluding carboxylic acids is 3. The molecule has 3 saturated heterocycles. The topological polar surface area (TPSA) is 96.2 Å². The van der Waals surface area contributed by atoms with Gasteiger partial charge in [-0.05, 0) is 55.5 Å². The molecule has 3 fully saturated rings. The summed E-state index contributed by atoms with van der Waals surface area (Å²) in [5.41, 5.74) is 7.92. The maximum absolute atomic E-state index is 14.2. The van der Waals surface area contributed by atoms with E-state index in [0.29, 0.717) is 24.1 Å². The molecule has 37 heavy (non-hydrogen) atoms. The molecule has 1 aromatic carbocycles. The summed E-state index contributed by atoms with van der Waals surface area (Å²) < 4.78 is 5.86. The Kier molecular flexibility index (Phi) is 8.90. The van der Waals surface area contributed by atoms with Gasteiger partial charge >= 0.3 is 0 Å². The van der Waals surface area contributed by atoms with E-state index < -0.39 is 17.9 Å². The summed E-state index contributed by atoms with van der Waals surface area (Å²) in [6.07, 6.45) is 3.38. The SMILES string of the molecule is CCC[C@@H]1CN(C(=O)[C@@H](CC(C)C)c2cc(N3CCN(CCC)CC3)ccc2C(N)=O)[C@@H]2C(=O)CO[C@H]12. The Hall–Kier alpha value is -2.45. The lowest BCUT2D eigenvalue weighted by atomic mass is 9.85. The second-order valence-corrected chi connectivity index (χ2v) is 11.4. The van der Waals surface area contributed by atoms with Gasteiger partial charge in [0.2, 0.25) is 11.8 Å². The molecule has 4 rings (SSSR count). The molecule has 204 valence electrons. The Morgan fingerprint density at radius 3 is 2.46 bits per heavy atom. The number of nitrogens with two attached hydrogens (primary N) is 1. The highest BCUT2D eigenvalue weighted by Gasteiger charge is 2.52. The van der Waals surface area contributed by atoms with Crippen LogP contribution in [0, 0.1) is 11.8 Å². The van der Waals surface area contributed by atoms with Gasteiger partial charge in [-0.2, -0.15) is 0 Å². The van der Waals surface area contributed by atoms with Crippen LogP contribution in [0.2, 0.25) is 0 Å². The van der Waals surface area contributed by atoms with Gasteiger partial charge in [-0.25, -0.2) is 0 Å². The van der Waals surface area contributed by atoms with Gasteiger partial charge in [0.1, 0.15) is 12.6 Å². The first-order valence-corrected chi connectivity index (χ1v) is 14.1. The molecule has 0 unspecified atom stereocenters. The zero-order valence-corrected chi connectivity index (χ0v) is 22.9. The van der Waals surface area contributed by atoms with E-state index in [0.717, 1.165) is 57.7 Å². The molecule has 2 amide bonds. The third-order valence-electron chi connectivity index (χ3n) is 8.19. The minimum absolute atomic E-state index is 0.0194. The minimum Gasteiger partial charge on any atom is -0.369 e. The maximum Gasteiger partial charge on any atom is 0.249 e. The fourth-order valence-electron chi connectivity index (χ4n) is 6.44. The molecule has 8 nitrogen and oxygen atoms in total. The molecule has 0 aromatic heterocycles. The van der Waals surface area contributed by atoms with Crippen molar-refractivity contribution in [1.82, 2.24) is 9.80 Å². The number of likely N-dealkylation sites (tertiary alicyclic amines) is 1. The largest absolute Gasteiger partial charge is 0.369 e. The Morgan fingerprint density at radius 2 is 1.84 bits per heavy atom. The molecule has 0 aliphatic carbocycles. The van der Waals surface area contributed by atoms with Gasteiger partial charge in [-0.3, -0.25) is 19.3 Å². The van der Waals surface area contributed by atoms with Crippen molar-refractivity contribution >= 4 is 23.3 Å². The van der Waals surface area contributed by atoms with Crippen LogP contribution in [0.4, 0.5) is 5.69 Å². The predicted octanol–water partition coefficient (Wildman–Crippen LogP) is 3.04. The van der Waals surface area contributed by atoms with Crippen LogP contribution in [0.15, 0.2) is 18.2 Å². The number of ketones is 1. The van der Waals surface area contributed by atoms with Gasteiger partial charge in [0.25, 0.3) is 0 Å². The van der Waals surface area contributed by atoms with Gasteiger partial charge in [0, 0.05) is 49.9 Å². The van der Waals surface area contributed by atoms with E-state index in [9.17, 15) is 14.4 Å². The zero-order chi connectivity index (χ0) is 26.7. The fourth-order valence-corrected chi connectivity index (χ4v) is 6.44. The van der Waals surface area contributed by atoms with E-state index in [-0.39, 0.29) is 36.2 Å². The number of nitrogens with zero attached hydrogens (tertiary/aromatic N) is 3. The Bertz CT molecular complexity index is 988. The molecule has 3 aliphatic heterocycles. The first-order chi connectivity index (χ1) is 17.7. The van der Waals surface area contributed by atoms with Crippen LogP contribution in [-0.4, -0.2) is 85.4 Å². The monoisotopic (exact) mass is 512 g/mol. The van der Waals surface area contributed by atoms with E-state index in [2.05, 4.69) is 37.5 Å². The number of amides is 2. The normalized spacial score (nSPS) is 25.1. The molecule has 0 bridgehead atoms. The first kappa shape index (κ1) is 27.6. The van der Waals surface area contributed by atoms with Gasteiger partial charge in [0.15, 0.2) is 5.78 Å². The zero-order valence-electron chi connectivity index (χ0n) is 22.9. The molecule has 1 aromatic rings. The summed E-state index contributed by atoms with van der Waals surface area (Å²) in [7, 11) is 0. The number of fused-ring (bicyclic) bond motifs is 1. The number of anilines is 1. The van der Waals surface area contributed by atoms with E-state index in [1.54, 1.807) is 11.0 Å². The van der Waals surface area contributed by atoms with Crippen LogP contribution in [0.3, 0.4) is 0 Å². The molecule has 4 atom stereocenters. The molecular weight excluding hydrogens is 468 g/mol. The average Bonchev–Trinajstić information content (AvgIpc) is 3.43. The van der Waals surface area contributed by atoms with Crippen LogP contribution in [0.5, 0.6) is 0 Å². The smallest absolute Gasteiger partial charge is 0.249 e. The molecule has 8 heteroatoms. The van der Waals surface area contributed by atoms with Crippen molar-refractivity contribution in [2.24, 2.45) is 17.6 Å². The van der Waals surface area contributed by atoms with Crippen molar-refractivity contribution in [3.05, 3.63) is 29.3 Å². The standard InChI is InChI=1S/C29H44N4O4/c1-5-7-20-17-33(26-25(34)18-37-27(20)26)29(36)24(15-19(3)4)23-16-21(8-9-22(23)28(30)35)32-13-11-31(10-6-2)12-14-32/h8-9,16,19-20,24,26-27H,5-7,10-15,17-18H2,1-4H3,(H2,30,35)/t20-,24+,26-,27-/m1/s1. The lowest BCUT2D eigenvalue weighted by molar-refractivity contribution is -0.138. The summed E-state index contributed by atoms with van der Waals surface area (Å²) in [6.45, 7) is 14.0. The molecule has 0 radical (unpaired) electrons. The van der Waals surface area contributed by atoms with Crippen molar-refractivity contribution < 1.29 is 19.1 Å². The van der Waals surface area contributed by atoms with Crippen LogP contribution >= 0.6 is 0 Å². The van der Waals surface area contributed by atoms with Gasteiger partial charge < -0.3 is 20.3 Å². The van der Waals surface area contributed by atoms with Crippen molar-refractivity contribution in [3.8, 4) is 0 Å². The fraction of sp³-hybridized carbons (Fsp3) is 0.690. The van der Waals surface area contributed by atoms with Crippen LogP contribution < -0.4 is 10.6 Å². The molecule has 3 aliphatic rings. The highest BCUT2D eigenvalue weighted by atomic mass is 16.5. The van der Waals surface area contributed by atoms with Crippen molar-refractivity contribution in [3.63, 3.8) is 0 Å². The minimum atomic E-state index is -0.543. The van der Waals surface area contributed by atoms with E-state index in [1.807, 2.05) is 12.1 Å². The van der Waals surface area contributed by atoms with Gasteiger partial charge in [-0.15, -0.1) is 0 Å². The number of primary amides is 1. The number of benzene rings is 1. The van der Waals surface area contributed by atoms with Crippen LogP contribution in [0.1, 0.15) is 75.2 Å². The Labute approximate surface area is 221 Å². The average molecular weight is 513 g/mol. The van der Waals surface area contributed by atoms with Gasteiger partial charge in [0.05, 0.1) is 12.0 Å². The first-order valence-electron chi connectivity index (χ1n) is 14.1. The van der Waals surface area contributed by atoms with Crippen molar-refractivity contribution in [2.45, 2.75) is 71.4 Å². The predicted molar refractivity (Wildman–Crippen MR) is 145 cm³/mol. The number of hydrogen-bond donors (Lipinski definition) is 1. The highest BCUT2D eigenvalue weighted by molar-refractivity contribution is 5.99. The lowest BCUT2D eigenvalue weighted by Crippen LogP contribution is -2.46. The third-order valence-corrected chi connectivity index (χ3v) is 8.19. The number of piperazine rings is 1. The molecule has 3 heterocycles. The van der Waals surface area contributed by atoms with Crippen molar-refractivity contribution in [2.75, 3.05) is 50.8 Å². The summed E-state index contributed by atoms with van der Waals surface area (Å²) >= 11 is 0. The van der Waals surface area contributed by atoms with Crippen molar-refractivity contribution in [1.29, 1.82) is 0 Å². The highest BCUT2D eigenvalue weighted by Crippen LogP contribution is 2.39. The molecule has 0 saturated carbocycles. The summed E-state index contributed by atoms with van der Waals surface area (Å²) in [5.74, 6) is -0.803. The number of Topliss-reactive ketones (excluding diaryl/α,β-unsaturated/α-hetero) is 1. The summed E-state index contributed by atoms with van der Waals surface area (Å²) in [5, 5.41) is 0. The number of carbonyl (C=O) groups is 3. The van der Waals surface area contributed by atoms with E-state index in [4.69, 9.17) is 10.5 Å². The second-order valence-electron chi connectivity index (χ2n) is 11.4. The second kappa shape index (κ2) is 11.9. The maximum atomic E-state index is 14.2. The quantitative estimate of drug-likeness (QED) is 0.518. The molecular formula is C29H44N4O4. The summed E-state index contributed by atoms with van der Waals surface area (Å²) in [4.78, 5) is 46.1. The molecule has 0 spiro atoms. The third kappa shape index (κ3) is 5.85. The number of hydrogen-bond acceptors (Lipinski definition) is 6. The van der Waals surface area contributed by atoms with Crippen LogP contribution in [-0.2, 0) is 14.3 Å². The number of rotatable bonds is 10. The van der Waals surface area contributed by atoms with Crippen LogP contribution in [0.25, 0.3) is 0 Å². The lowest BCUT2D eigenvalue weighted by Gasteiger charge is -2.36. The Balaban J connectivity index is 1.66. The Morgan fingerprint density at radius 1 is 1.11 bits per heavy atom. The van der Waals surface area contributed by atoms with Gasteiger partial charge in [-0.1, -0.05) is 34.1 Å². The van der Waals surface area contributed by atoms with E-state index >= 15 is 0 Å². The molecule has 2 N–H and O–H groups in total. The summed E-state index contributed by atoms with van der Waals surface area (Å²) in [6, 6.07) is 5.21.